The maximum Gasteiger partial charge on any atom is 0.137 e. The molecule has 1 N–H and O–H groups in total. The van der Waals surface area contributed by atoms with Gasteiger partial charge < -0.3 is 5.11 Å². The summed E-state index contributed by atoms with van der Waals surface area (Å²) in [5, 5.41) is 10.4. The highest BCUT2D eigenvalue weighted by Gasteiger charge is 2.01. The van der Waals surface area contributed by atoms with Crippen LogP contribution in [0.2, 0.25) is 0 Å². The van der Waals surface area contributed by atoms with Crippen molar-refractivity contribution in [3.8, 4) is 5.75 Å². The average molecular weight is 185 g/mol. The molecule has 0 aliphatic rings. The Bertz CT molecular complexity index is 503. The quantitative estimate of drug-likeness (QED) is 0.741. The van der Waals surface area contributed by atoms with Crippen LogP contribution in [-0.4, -0.2) is 10.1 Å². The van der Waals surface area contributed by atoms with Crippen LogP contribution < -0.4 is 0 Å². The lowest BCUT2D eigenvalue weighted by Crippen LogP contribution is -1.85. The first-order valence-electron chi connectivity index (χ1n) is 4.43. The standard InChI is InChI=1S/C12H11NO/c1-3-9-4-5-11-10(6-9)7-12(14)8(2)13-11/h3-7,14H,1H2,2H3. The molecule has 0 aliphatic heterocycles. The van der Waals surface area contributed by atoms with E-state index in [0.29, 0.717) is 5.69 Å². The normalized spacial score (nSPS) is 10.4. The van der Waals surface area contributed by atoms with Crippen LogP contribution in [0.3, 0.4) is 0 Å². The molecule has 0 bridgehead atoms. The van der Waals surface area contributed by atoms with Gasteiger partial charge in [-0.25, -0.2) is 4.98 Å². The monoisotopic (exact) mass is 185 g/mol. The first kappa shape index (κ1) is 8.75. The molecule has 1 heterocycles. The van der Waals surface area contributed by atoms with Crippen LogP contribution in [0.25, 0.3) is 17.0 Å². The number of nitrogens with zero attached hydrogens (tertiary/aromatic N) is 1. The Hall–Kier alpha value is -1.83. The number of hydrogen-bond acceptors (Lipinski definition) is 2. The molecule has 0 saturated heterocycles. The Morgan fingerprint density at radius 2 is 2.14 bits per heavy atom. The Balaban J connectivity index is 2.76. The number of fused-ring (bicyclic) bond motifs is 1. The van der Waals surface area contributed by atoms with E-state index in [-0.39, 0.29) is 5.75 Å². The Kier molecular flexibility index (Phi) is 1.97. The van der Waals surface area contributed by atoms with Gasteiger partial charge in [0.15, 0.2) is 0 Å². The van der Waals surface area contributed by atoms with E-state index < -0.39 is 0 Å². The van der Waals surface area contributed by atoms with E-state index in [9.17, 15) is 5.11 Å². The van der Waals surface area contributed by atoms with Crippen molar-refractivity contribution in [2.75, 3.05) is 0 Å². The van der Waals surface area contributed by atoms with Gasteiger partial charge in [0, 0.05) is 5.39 Å². The molecule has 0 fully saturated rings. The maximum absolute atomic E-state index is 9.49. The van der Waals surface area contributed by atoms with Crippen LogP contribution in [0, 0.1) is 6.92 Å². The first-order chi connectivity index (χ1) is 6.70. The molecule has 0 unspecified atom stereocenters. The van der Waals surface area contributed by atoms with Crippen molar-refractivity contribution >= 4 is 17.0 Å². The van der Waals surface area contributed by atoms with Crippen LogP contribution in [0.15, 0.2) is 30.8 Å². The van der Waals surface area contributed by atoms with Crippen molar-refractivity contribution in [2.24, 2.45) is 0 Å². The highest BCUT2D eigenvalue weighted by atomic mass is 16.3. The molecule has 0 radical (unpaired) electrons. The van der Waals surface area contributed by atoms with E-state index in [1.807, 2.05) is 18.2 Å². The van der Waals surface area contributed by atoms with Gasteiger partial charge in [0.05, 0.1) is 11.2 Å². The Morgan fingerprint density at radius 1 is 1.36 bits per heavy atom. The molecule has 0 aliphatic carbocycles. The summed E-state index contributed by atoms with van der Waals surface area (Å²) < 4.78 is 0. The molecule has 2 rings (SSSR count). The lowest BCUT2D eigenvalue weighted by molar-refractivity contribution is 0.469. The van der Waals surface area contributed by atoms with Gasteiger partial charge in [0.2, 0.25) is 0 Å². The summed E-state index contributed by atoms with van der Waals surface area (Å²) in [5.41, 5.74) is 2.58. The molecule has 14 heavy (non-hydrogen) atoms. The van der Waals surface area contributed by atoms with Crippen LogP contribution in [-0.2, 0) is 0 Å². The van der Waals surface area contributed by atoms with Crippen LogP contribution in [0.5, 0.6) is 5.75 Å². The van der Waals surface area contributed by atoms with E-state index in [1.165, 1.54) is 0 Å². The van der Waals surface area contributed by atoms with E-state index in [1.54, 1.807) is 19.1 Å². The molecular weight excluding hydrogens is 174 g/mol. The fourth-order valence-electron chi connectivity index (χ4n) is 1.41. The number of rotatable bonds is 1. The summed E-state index contributed by atoms with van der Waals surface area (Å²) in [5.74, 6) is 0.235. The minimum Gasteiger partial charge on any atom is -0.506 e. The maximum atomic E-state index is 9.49. The van der Waals surface area contributed by atoms with Gasteiger partial charge in [-0.15, -0.1) is 0 Å². The SMILES string of the molecule is C=Cc1ccc2nc(C)c(O)cc2c1. The first-order valence-corrected chi connectivity index (χ1v) is 4.43. The zero-order valence-electron chi connectivity index (χ0n) is 7.99. The lowest BCUT2D eigenvalue weighted by Gasteiger charge is -2.02. The van der Waals surface area contributed by atoms with E-state index in [4.69, 9.17) is 0 Å². The molecule has 0 atom stereocenters. The van der Waals surface area contributed by atoms with Crippen molar-refractivity contribution < 1.29 is 5.11 Å². The predicted octanol–water partition coefficient (Wildman–Crippen LogP) is 2.89. The number of benzene rings is 1. The zero-order chi connectivity index (χ0) is 10.1. The van der Waals surface area contributed by atoms with Gasteiger partial charge >= 0.3 is 0 Å². The predicted molar refractivity (Wildman–Crippen MR) is 58.2 cm³/mol. The second-order valence-corrected chi connectivity index (χ2v) is 3.25. The van der Waals surface area contributed by atoms with Crippen molar-refractivity contribution in [1.82, 2.24) is 4.98 Å². The second-order valence-electron chi connectivity index (χ2n) is 3.25. The minimum absolute atomic E-state index is 0.235. The summed E-state index contributed by atoms with van der Waals surface area (Å²) in [6.45, 7) is 5.48. The average Bonchev–Trinajstić information content (AvgIpc) is 2.19. The zero-order valence-corrected chi connectivity index (χ0v) is 7.99. The van der Waals surface area contributed by atoms with Crippen molar-refractivity contribution in [3.63, 3.8) is 0 Å². The van der Waals surface area contributed by atoms with Gasteiger partial charge in [0.25, 0.3) is 0 Å². The summed E-state index contributed by atoms with van der Waals surface area (Å²) in [6.07, 6.45) is 1.77. The molecule has 1 aromatic heterocycles. The largest absolute Gasteiger partial charge is 0.506 e. The molecule has 1 aromatic carbocycles. The molecule has 2 nitrogen and oxygen atoms in total. The van der Waals surface area contributed by atoms with Crippen LogP contribution >= 0.6 is 0 Å². The molecule has 2 heteroatoms. The number of aryl methyl sites for hydroxylation is 1. The van der Waals surface area contributed by atoms with Gasteiger partial charge in [0.1, 0.15) is 5.75 Å². The highest BCUT2D eigenvalue weighted by molar-refractivity contribution is 5.82. The molecule has 2 aromatic rings. The highest BCUT2D eigenvalue weighted by Crippen LogP contribution is 2.22. The Labute approximate surface area is 82.5 Å². The fourth-order valence-corrected chi connectivity index (χ4v) is 1.41. The lowest BCUT2D eigenvalue weighted by atomic mass is 10.1. The van der Waals surface area contributed by atoms with Gasteiger partial charge in [-0.1, -0.05) is 18.7 Å². The molecule has 0 spiro atoms. The third-order valence-electron chi connectivity index (χ3n) is 2.24. The Morgan fingerprint density at radius 3 is 2.86 bits per heavy atom. The fraction of sp³-hybridized carbons (Fsp3) is 0.0833. The van der Waals surface area contributed by atoms with Crippen LogP contribution in [0.1, 0.15) is 11.3 Å². The smallest absolute Gasteiger partial charge is 0.137 e. The van der Waals surface area contributed by atoms with Crippen molar-refractivity contribution in [3.05, 3.63) is 42.1 Å². The summed E-state index contributed by atoms with van der Waals surface area (Å²) >= 11 is 0. The van der Waals surface area contributed by atoms with Crippen LogP contribution in [0.4, 0.5) is 0 Å². The van der Waals surface area contributed by atoms with E-state index in [2.05, 4.69) is 11.6 Å². The summed E-state index contributed by atoms with van der Waals surface area (Å²) in [4.78, 5) is 4.27. The van der Waals surface area contributed by atoms with Crippen molar-refractivity contribution in [1.29, 1.82) is 0 Å². The topological polar surface area (TPSA) is 33.1 Å². The third kappa shape index (κ3) is 1.35. The van der Waals surface area contributed by atoms with Gasteiger partial charge in [-0.3, -0.25) is 0 Å². The summed E-state index contributed by atoms with van der Waals surface area (Å²) in [7, 11) is 0. The van der Waals surface area contributed by atoms with E-state index in [0.717, 1.165) is 16.5 Å². The van der Waals surface area contributed by atoms with Gasteiger partial charge in [-0.05, 0) is 30.7 Å². The minimum atomic E-state index is 0.235. The van der Waals surface area contributed by atoms with Crippen molar-refractivity contribution in [2.45, 2.75) is 6.92 Å². The molecule has 0 amide bonds. The number of pyridine rings is 1. The second kappa shape index (κ2) is 3.14. The summed E-state index contributed by atoms with van der Waals surface area (Å²) in [6, 6.07) is 7.57. The third-order valence-corrected chi connectivity index (χ3v) is 2.24. The number of hydrogen-bond donors (Lipinski definition) is 1. The molecule has 70 valence electrons. The number of aromatic hydroxyl groups is 1. The van der Waals surface area contributed by atoms with Gasteiger partial charge in [-0.2, -0.15) is 0 Å². The van der Waals surface area contributed by atoms with E-state index >= 15 is 0 Å². The molecule has 0 saturated carbocycles. The number of aromatic nitrogens is 1. The molecular formula is C12H11NO.